The minimum atomic E-state index is -4.45. The molecule has 0 aromatic heterocycles. The van der Waals surface area contributed by atoms with Crippen molar-refractivity contribution in [3.05, 3.63) is 41.2 Å². The third-order valence-corrected chi connectivity index (χ3v) is 2.04. The molecule has 0 saturated heterocycles. The molecule has 1 aromatic carbocycles. The maximum absolute atomic E-state index is 13.0. The van der Waals surface area contributed by atoms with Gasteiger partial charge in [0.05, 0.1) is 6.61 Å². The zero-order valence-corrected chi connectivity index (χ0v) is 9.58. The third kappa shape index (κ3) is 6.01. The molecular formula is C12H10F4O3. The molecule has 0 aliphatic heterocycles. The molecule has 0 bridgehead atoms. The van der Waals surface area contributed by atoms with Crippen LogP contribution in [-0.2, 0) is 16.1 Å². The third-order valence-electron chi connectivity index (χ3n) is 2.04. The number of benzene rings is 1. The van der Waals surface area contributed by atoms with Gasteiger partial charge in [0, 0.05) is 6.08 Å². The van der Waals surface area contributed by atoms with Gasteiger partial charge in [-0.25, -0.2) is 9.18 Å². The lowest BCUT2D eigenvalue weighted by atomic mass is 10.1. The number of alkyl halides is 3. The summed E-state index contributed by atoms with van der Waals surface area (Å²) in [5, 5.41) is 8.46. The van der Waals surface area contributed by atoms with Crippen molar-refractivity contribution < 1.29 is 32.2 Å². The normalized spacial score (nSPS) is 12.0. The quantitative estimate of drug-likeness (QED) is 0.665. The topological polar surface area (TPSA) is 46.5 Å². The molecular weight excluding hydrogens is 268 g/mol. The molecule has 19 heavy (non-hydrogen) atoms. The van der Waals surface area contributed by atoms with Crippen LogP contribution in [0.2, 0.25) is 0 Å². The van der Waals surface area contributed by atoms with Gasteiger partial charge in [0.25, 0.3) is 0 Å². The molecule has 1 rings (SSSR count). The molecule has 0 heterocycles. The van der Waals surface area contributed by atoms with Gasteiger partial charge in [0.1, 0.15) is 12.4 Å². The first kappa shape index (κ1) is 15.2. The van der Waals surface area contributed by atoms with E-state index in [4.69, 9.17) is 5.11 Å². The van der Waals surface area contributed by atoms with E-state index in [1.807, 2.05) is 0 Å². The van der Waals surface area contributed by atoms with E-state index in [1.54, 1.807) is 0 Å². The van der Waals surface area contributed by atoms with Crippen molar-refractivity contribution in [3.8, 4) is 0 Å². The van der Waals surface area contributed by atoms with Crippen molar-refractivity contribution in [2.75, 3.05) is 6.61 Å². The largest absolute Gasteiger partial charge is 0.478 e. The number of hydrogen-bond acceptors (Lipinski definition) is 2. The van der Waals surface area contributed by atoms with Crippen LogP contribution in [0, 0.1) is 5.82 Å². The lowest BCUT2D eigenvalue weighted by Gasteiger charge is -2.09. The van der Waals surface area contributed by atoms with Gasteiger partial charge in [-0.3, -0.25) is 0 Å². The molecule has 0 amide bonds. The number of ether oxygens (including phenoxy) is 1. The number of halogens is 4. The van der Waals surface area contributed by atoms with Gasteiger partial charge in [-0.2, -0.15) is 13.2 Å². The lowest BCUT2D eigenvalue weighted by molar-refractivity contribution is -0.176. The summed E-state index contributed by atoms with van der Waals surface area (Å²) in [6.07, 6.45) is -2.59. The first-order valence-corrected chi connectivity index (χ1v) is 5.12. The molecule has 1 aromatic rings. The maximum atomic E-state index is 13.0. The van der Waals surface area contributed by atoms with Crippen LogP contribution < -0.4 is 0 Å². The van der Waals surface area contributed by atoms with Gasteiger partial charge >= 0.3 is 12.1 Å². The van der Waals surface area contributed by atoms with Crippen molar-refractivity contribution in [1.29, 1.82) is 0 Å². The molecule has 1 N–H and O–H groups in total. The highest BCUT2D eigenvalue weighted by Gasteiger charge is 2.27. The molecule has 0 aliphatic rings. The predicted molar refractivity (Wildman–Crippen MR) is 58.8 cm³/mol. The average molecular weight is 278 g/mol. The van der Waals surface area contributed by atoms with Crippen molar-refractivity contribution in [2.24, 2.45) is 0 Å². The molecule has 104 valence electrons. The minimum Gasteiger partial charge on any atom is -0.478 e. The Balaban J connectivity index is 2.79. The summed E-state index contributed by atoms with van der Waals surface area (Å²) in [5.41, 5.74) is 0.424. The minimum absolute atomic E-state index is 0.157. The van der Waals surface area contributed by atoms with Crippen molar-refractivity contribution in [1.82, 2.24) is 0 Å². The van der Waals surface area contributed by atoms with Crippen molar-refractivity contribution in [2.45, 2.75) is 12.8 Å². The van der Waals surface area contributed by atoms with E-state index in [2.05, 4.69) is 4.74 Å². The number of carbonyl (C=O) groups is 1. The highest BCUT2D eigenvalue weighted by atomic mass is 19.4. The van der Waals surface area contributed by atoms with Crippen LogP contribution in [0.5, 0.6) is 0 Å². The zero-order chi connectivity index (χ0) is 14.5. The smallest absolute Gasteiger partial charge is 0.411 e. The molecule has 0 aliphatic carbocycles. The Kier molecular flexibility index (Phi) is 5.05. The fraction of sp³-hybridized carbons (Fsp3) is 0.250. The summed E-state index contributed by atoms with van der Waals surface area (Å²) < 4.78 is 53.1. The van der Waals surface area contributed by atoms with Crippen LogP contribution in [0.1, 0.15) is 11.1 Å². The Morgan fingerprint density at radius 2 is 2.05 bits per heavy atom. The van der Waals surface area contributed by atoms with Crippen molar-refractivity contribution in [3.63, 3.8) is 0 Å². The second-order valence-corrected chi connectivity index (χ2v) is 3.62. The van der Waals surface area contributed by atoms with E-state index >= 15 is 0 Å². The SMILES string of the molecule is O=C(O)/C=C/c1cc(F)ccc1COCC(F)(F)F. The molecule has 3 nitrogen and oxygen atoms in total. The Labute approximate surface area is 106 Å². The predicted octanol–water partition coefficient (Wildman–Crippen LogP) is 3.00. The van der Waals surface area contributed by atoms with Crippen LogP contribution >= 0.6 is 0 Å². The summed E-state index contributed by atoms with van der Waals surface area (Å²) in [5.74, 6) is -1.86. The summed E-state index contributed by atoms with van der Waals surface area (Å²) in [6.45, 7) is -1.81. The van der Waals surface area contributed by atoms with Gasteiger partial charge < -0.3 is 9.84 Å². The zero-order valence-electron chi connectivity index (χ0n) is 9.58. The second-order valence-electron chi connectivity index (χ2n) is 3.62. The molecule has 0 atom stereocenters. The Bertz CT molecular complexity index is 480. The van der Waals surface area contributed by atoms with Crippen LogP contribution in [0.25, 0.3) is 6.08 Å². The number of carboxylic acids is 1. The van der Waals surface area contributed by atoms with Gasteiger partial charge in [-0.05, 0) is 29.3 Å². The molecule has 7 heteroatoms. The van der Waals surface area contributed by atoms with Crippen LogP contribution in [-0.4, -0.2) is 23.9 Å². The Morgan fingerprint density at radius 3 is 2.63 bits per heavy atom. The Morgan fingerprint density at radius 1 is 1.37 bits per heavy atom. The van der Waals surface area contributed by atoms with Gasteiger partial charge in [-0.1, -0.05) is 6.07 Å². The first-order chi connectivity index (χ1) is 8.78. The van der Waals surface area contributed by atoms with Gasteiger partial charge in [-0.15, -0.1) is 0 Å². The standard InChI is InChI=1S/C12H10F4O3/c13-10-3-1-9(6-19-7-12(14,15)16)8(5-10)2-4-11(17)18/h1-5H,6-7H2,(H,17,18)/b4-2+. The number of rotatable bonds is 5. The molecule has 0 spiro atoms. The number of aliphatic carboxylic acids is 1. The van der Waals surface area contributed by atoms with E-state index in [0.29, 0.717) is 0 Å². The average Bonchev–Trinajstić information content (AvgIpc) is 2.27. The van der Waals surface area contributed by atoms with Gasteiger partial charge in [0.15, 0.2) is 0 Å². The summed E-state index contributed by atoms with van der Waals surface area (Å²) >= 11 is 0. The number of carboxylic acid groups (broad SMARTS) is 1. The Hall–Kier alpha value is -1.89. The molecule has 0 saturated carbocycles. The monoisotopic (exact) mass is 278 g/mol. The molecule has 0 fully saturated rings. The maximum Gasteiger partial charge on any atom is 0.411 e. The summed E-state index contributed by atoms with van der Waals surface area (Å²) in [6, 6.07) is 3.32. The summed E-state index contributed by atoms with van der Waals surface area (Å²) in [7, 11) is 0. The first-order valence-electron chi connectivity index (χ1n) is 5.12. The van der Waals surface area contributed by atoms with E-state index in [1.165, 1.54) is 6.07 Å². The van der Waals surface area contributed by atoms with Crippen molar-refractivity contribution >= 4 is 12.0 Å². The number of hydrogen-bond donors (Lipinski definition) is 1. The van der Waals surface area contributed by atoms with E-state index in [-0.39, 0.29) is 17.7 Å². The fourth-order valence-corrected chi connectivity index (χ4v) is 1.29. The van der Waals surface area contributed by atoms with E-state index < -0.39 is 24.6 Å². The fourth-order valence-electron chi connectivity index (χ4n) is 1.29. The van der Waals surface area contributed by atoms with Crippen LogP contribution in [0.3, 0.4) is 0 Å². The summed E-state index contributed by atoms with van der Waals surface area (Å²) in [4.78, 5) is 10.4. The lowest BCUT2D eigenvalue weighted by Crippen LogP contribution is -2.16. The molecule has 0 unspecified atom stereocenters. The van der Waals surface area contributed by atoms with Gasteiger partial charge in [0.2, 0.25) is 0 Å². The van der Waals surface area contributed by atoms with E-state index in [0.717, 1.165) is 24.3 Å². The van der Waals surface area contributed by atoms with Crippen LogP contribution in [0.4, 0.5) is 17.6 Å². The van der Waals surface area contributed by atoms with Crippen LogP contribution in [0.15, 0.2) is 24.3 Å². The second kappa shape index (κ2) is 6.33. The highest BCUT2D eigenvalue weighted by Crippen LogP contribution is 2.18. The van der Waals surface area contributed by atoms with E-state index in [9.17, 15) is 22.4 Å². The highest BCUT2D eigenvalue weighted by molar-refractivity contribution is 5.85. The molecule has 0 radical (unpaired) electrons.